The molecule has 2 rings (SSSR count). The van der Waals surface area contributed by atoms with E-state index in [4.69, 9.17) is 9.05 Å². The van der Waals surface area contributed by atoms with Crippen LogP contribution in [0.1, 0.15) is 24.2 Å². The molecule has 0 saturated carbocycles. The number of benzene rings is 2. The van der Waals surface area contributed by atoms with Gasteiger partial charge in [-0.1, -0.05) is 42.5 Å². The Kier molecular flexibility index (Phi) is 5.29. The summed E-state index contributed by atoms with van der Waals surface area (Å²) in [6.45, 7) is 3.96. The second-order valence-electron chi connectivity index (χ2n) is 4.55. The fraction of sp³-hybridized carbons (Fsp3) is 0.312. The number of carbonyl (C=O) groups excluding carboxylic acids is 1. The Morgan fingerprint density at radius 2 is 1.62 bits per heavy atom. The topological polar surface area (TPSA) is 52.6 Å². The van der Waals surface area contributed by atoms with Crippen LogP contribution in [0.4, 0.5) is 0 Å². The molecule has 112 valence electrons. The number of Topliss-reactive ketones (excluding diaryl/α,β-unsaturated/α-hetero) is 1. The van der Waals surface area contributed by atoms with E-state index in [-0.39, 0.29) is 25.2 Å². The van der Waals surface area contributed by atoms with Crippen molar-refractivity contribution < 1.29 is 18.4 Å². The third-order valence-electron chi connectivity index (χ3n) is 3.08. The van der Waals surface area contributed by atoms with E-state index in [0.717, 1.165) is 10.8 Å². The summed E-state index contributed by atoms with van der Waals surface area (Å²) in [5.74, 6) is -0.225. The zero-order valence-corrected chi connectivity index (χ0v) is 13.1. The van der Waals surface area contributed by atoms with Gasteiger partial charge in [-0.3, -0.25) is 9.36 Å². The Balaban J connectivity index is 2.32. The molecule has 0 aromatic heterocycles. The van der Waals surface area contributed by atoms with Gasteiger partial charge in [0.2, 0.25) is 0 Å². The van der Waals surface area contributed by atoms with E-state index in [0.29, 0.717) is 5.56 Å². The summed E-state index contributed by atoms with van der Waals surface area (Å²) >= 11 is 0. The molecule has 0 amide bonds. The number of ketones is 1. The van der Waals surface area contributed by atoms with Crippen molar-refractivity contribution in [2.24, 2.45) is 0 Å². The summed E-state index contributed by atoms with van der Waals surface area (Å²) in [6.07, 6.45) is -0.233. The highest BCUT2D eigenvalue weighted by Crippen LogP contribution is 2.48. The molecular weight excluding hydrogens is 287 g/mol. The van der Waals surface area contributed by atoms with Gasteiger partial charge in [-0.2, -0.15) is 0 Å². The molecule has 0 fully saturated rings. The molecule has 0 aliphatic carbocycles. The molecule has 0 aliphatic heterocycles. The minimum Gasteiger partial charge on any atom is -0.309 e. The molecule has 0 aliphatic rings. The highest BCUT2D eigenvalue weighted by atomic mass is 31.2. The molecular formula is C16H19O4P. The first-order chi connectivity index (χ1) is 10.1. The van der Waals surface area contributed by atoms with Crippen LogP contribution in [0.5, 0.6) is 0 Å². The predicted octanol–water partition coefficient (Wildman–Crippen LogP) is 4.29. The number of hydrogen-bond donors (Lipinski definition) is 0. The number of fused-ring (bicyclic) bond motifs is 1. The Hall–Kier alpha value is -1.48. The molecule has 5 heteroatoms. The van der Waals surface area contributed by atoms with Crippen molar-refractivity contribution in [3.8, 4) is 0 Å². The van der Waals surface area contributed by atoms with Crippen molar-refractivity contribution in [3.05, 3.63) is 48.0 Å². The van der Waals surface area contributed by atoms with Crippen LogP contribution >= 0.6 is 7.60 Å². The fourth-order valence-corrected chi connectivity index (χ4v) is 3.82. The van der Waals surface area contributed by atoms with Crippen LogP contribution in [0.3, 0.4) is 0 Å². The monoisotopic (exact) mass is 306 g/mol. The van der Waals surface area contributed by atoms with E-state index in [1.54, 1.807) is 19.9 Å². The van der Waals surface area contributed by atoms with Gasteiger partial charge >= 0.3 is 7.60 Å². The average molecular weight is 306 g/mol. The van der Waals surface area contributed by atoms with Crippen molar-refractivity contribution >= 4 is 24.2 Å². The van der Waals surface area contributed by atoms with E-state index >= 15 is 0 Å². The fourth-order valence-electron chi connectivity index (χ4n) is 2.25. The highest BCUT2D eigenvalue weighted by Gasteiger charge is 2.28. The molecule has 0 radical (unpaired) electrons. The van der Waals surface area contributed by atoms with Crippen LogP contribution in [-0.4, -0.2) is 25.2 Å². The zero-order chi connectivity index (χ0) is 15.3. The van der Waals surface area contributed by atoms with Crippen molar-refractivity contribution in [3.63, 3.8) is 0 Å². The maximum atomic E-state index is 12.5. The van der Waals surface area contributed by atoms with Gasteiger partial charge < -0.3 is 9.05 Å². The SMILES string of the molecule is CCOP(=O)(CC(=O)c1cccc2ccccc12)OCC. The maximum absolute atomic E-state index is 12.5. The predicted molar refractivity (Wildman–Crippen MR) is 84.0 cm³/mol. The molecule has 0 unspecified atom stereocenters. The Morgan fingerprint density at radius 3 is 2.29 bits per heavy atom. The quantitative estimate of drug-likeness (QED) is 0.565. The van der Waals surface area contributed by atoms with Crippen molar-refractivity contribution in [2.75, 3.05) is 19.4 Å². The molecule has 2 aromatic rings. The molecule has 2 aromatic carbocycles. The van der Waals surface area contributed by atoms with Crippen LogP contribution < -0.4 is 0 Å². The summed E-state index contributed by atoms with van der Waals surface area (Å²) in [4.78, 5) is 12.5. The number of hydrogen-bond acceptors (Lipinski definition) is 4. The average Bonchev–Trinajstić information content (AvgIpc) is 2.46. The van der Waals surface area contributed by atoms with Gasteiger partial charge in [-0.05, 0) is 24.6 Å². The van der Waals surface area contributed by atoms with Gasteiger partial charge in [-0.15, -0.1) is 0 Å². The van der Waals surface area contributed by atoms with Crippen molar-refractivity contribution in [1.82, 2.24) is 0 Å². The van der Waals surface area contributed by atoms with Crippen LogP contribution in [0.25, 0.3) is 10.8 Å². The second kappa shape index (κ2) is 6.99. The van der Waals surface area contributed by atoms with Crippen molar-refractivity contribution in [2.45, 2.75) is 13.8 Å². The standard InChI is InChI=1S/C16H19O4P/c1-3-19-21(18,20-4-2)12-16(17)15-11-7-9-13-8-5-6-10-14(13)15/h5-11H,3-4,12H2,1-2H3. The smallest absolute Gasteiger partial charge is 0.309 e. The molecule has 0 saturated heterocycles. The minimum absolute atomic E-state index is 0.225. The first-order valence-electron chi connectivity index (χ1n) is 6.98. The Labute approximate surface area is 124 Å². The van der Waals surface area contributed by atoms with Gasteiger partial charge in [0.15, 0.2) is 5.78 Å². The van der Waals surface area contributed by atoms with E-state index in [9.17, 15) is 9.36 Å². The molecule has 0 atom stereocenters. The first-order valence-corrected chi connectivity index (χ1v) is 8.71. The summed E-state index contributed by atoms with van der Waals surface area (Å²) in [7, 11) is -3.37. The Morgan fingerprint density at radius 1 is 1.00 bits per heavy atom. The lowest BCUT2D eigenvalue weighted by Crippen LogP contribution is -2.10. The molecule has 0 heterocycles. The maximum Gasteiger partial charge on any atom is 0.338 e. The normalized spacial score (nSPS) is 11.7. The van der Waals surface area contributed by atoms with Crippen LogP contribution in [-0.2, 0) is 13.6 Å². The number of carbonyl (C=O) groups is 1. The van der Waals surface area contributed by atoms with E-state index in [2.05, 4.69) is 0 Å². The van der Waals surface area contributed by atoms with Crippen molar-refractivity contribution in [1.29, 1.82) is 0 Å². The largest absolute Gasteiger partial charge is 0.338 e. The van der Waals surface area contributed by atoms with E-state index in [1.165, 1.54) is 0 Å². The lowest BCUT2D eigenvalue weighted by atomic mass is 10.0. The first kappa shape index (κ1) is 15.9. The van der Waals surface area contributed by atoms with Gasteiger partial charge in [0.1, 0.15) is 6.16 Å². The summed E-state index contributed by atoms with van der Waals surface area (Å²) in [6, 6.07) is 13.1. The molecule has 21 heavy (non-hydrogen) atoms. The van der Waals surface area contributed by atoms with E-state index in [1.807, 2.05) is 36.4 Å². The van der Waals surface area contributed by atoms with Gasteiger partial charge in [-0.25, -0.2) is 0 Å². The molecule has 0 N–H and O–H groups in total. The van der Waals surface area contributed by atoms with Crippen LogP contribution in [0.15, 0.2) is 42.5 Å². The van der Waals surface area contributed by atoms with Gasteiger partial charge in [0.25, 0.3) is 0 Å². The molecule has 0 spiro atoms. The zero-order valence-electron chi connectivity index (χ0n) is 12.2. The number of rotatable bonds is 7. The third kappa shape index (κ3) is 3.79. The van der Waals surface area contributed by atoms with Gasteiger partial charge in [0, 0.05) is 5.56 Å². The minimum atomic E-state index is -3.37. The van der Waals surface area contributed by atoms with Crippen LogP contribution in [0, 0.1) is 0 Å². The molecule has 4 nitrogen and oxygen atoms in total. The van der Waals surface area contributed by atoms with E-state index < -0.39 is 7.60 Å². The summed E-state index contributed by atoms with van der Waals surface area (Å²) in [5.41, 5.74) is 0.549. The van der Waals surface area contributed by atoms with Crippen LogP contribution in [0.2, 0.25) is 0 Å². The lowest BCUT2D eigenvalue weighted by Gasteiger charge is -2.16. The highest BCUT2D eigenvalue weighted by molar-refractivity contribution is 7.55. The lowest BCUT2D eigenvalue weighted by molar-refractivity contribution is 0.101. The summed E-state index contributed by atoms with van der Waals surface area (Å²) in [5, 5.41) is 1.83. The van der Waals surface area contributed by atoms with Gasteiger partial charge in [0.05, 0.1) is 13.2 Å². The Bertz CT molecular complexity index is 666. The molecule has 0 bridgehead atoms. The summed E-state index contributed by atoms with van der Waals surface area (Å²) < 4.78 is 22.8. The third-order valence-corrected chi connectivity index (χ3v) is 5.06. The second-order valence-corrected chi connectivity index (χ2v) is 6.61.